The van der Waals surface area contributed by atoms with Gasteiger partial charge >= 0.3 is 0 Å². The number of ether oxygens (including phenoxy) is 1. The molecule has 1 saturated heterocycles. The summed E-state index contributed by atoms with van der Waals surface area (Å²) in [6, 6.07) is 4.04. The summed E-state index contributed by atoms with van der Waals surface area (Å²) in [5.74, 6) is 2.24. The van der Waals surface area contributed by atoms with Crippen LogP contribution in [0.5, 0.6) is 5.88 Å². The number of aromatic nitrogens is 1. The third kappa shape index (κ3) is 3.33. The second-order valence-corrected chi connectivity index (χ2v) is 4.85. The normalized spacial score (nSPS) is 18.2. The van der Waals surface area contributed by atoms with Gasteiger partial charge in [0.15, 0.2) is 0 Å². The van der Waals surface area contributed by atoms with E-state index in [0.29, 0.717) is 5.92 Å². The third-order valence-corrected chi connectivity index (χ3v) is 3.80. The van der Waals surface area contributed by atoms with Gasteiger partial charge < -0.3 is 4.74 Å². The van der Waals surface area contributed by atoms with Crippen molar-refractivity contribution in [1.82, 2.24) is 9.88 Å². The van der Waals surface area contributed by atoms with E-state index in [0.717, 1.165) is 31.4 Å². The van der Waals surface area contributed by atoms with E-state index in [1.807, 2.05) is 6.07 Å². The Bertz CT molecular complexity index is 351. The standard InChI is InChI=1S/C13H19ClN2O/c1-17-13-12(3-2-6-15-13)10-16-7-4-11(9-14)5-8-16/h2-3,6,11H,4-5,7-10H2,1H3. The second kappa shape index (κ2) is 6.22. The first-order valence-corrected chi connectivity index (χ1v) is 6.63. The molecule has 17 heavy (non-hydrogen) atoms. The van der Waals surface area contributed by atoms with Crippen LogP contribution in [-0.2, 0) is 6.54 Å². The number of methoxy groups -OCH3 is 1. The van der Waals surface area contributed by atoms with Gasteiger partial charge in [0.1, 0.15) is 0 Å². The monoisotopic (exact) mass is 254 g/mol. The maximum Gasteiger partial charge on any atom is 0.217 e. The first kappa shape index (κ1) is 12.7. The van der Waals surface area contributed by atoms with Crippen molar-refractivity contribution in [2.24, 2.45) is 5.92 Å². The highest BCUT2D eigenvalue weighted by Crippen LogP contribution is 2.22. The van der Waals surface area contributed by atoms with Crippen molar-refractivity contribution in [3.05, 3.63) is 23.9 Å². The van der Waals surface area contributed by atoms with E-state index in [1.165, 1.54) is 18.4 Å². The molecule has 0 unspecified atom stereocenters. The molecule has 2 heterocycles. The number of pyridine rings is 1. The predicted octanol–water partition coefficient (Wildman–Crippen LogP) is 2.54. The number of hydrogen-bond acceptors (Lipinski definition) is 3. The summed E-state index contributed by atoms with van der Waals surface area (Å²) in [4.78, 5) is 6.67. The van der Waals surface area contributed by atoms with Crippen LogP contribution in [0.4, 0.5) is 0 Å². The van der Waals surface area contributed by atoms with E-state index in [2.05, 4.69) is 16.0 Å². The van der Waals surface area contributed by atoms with Crippen LogP contribution in [0.1, 0.15) is 18.4 Å². The lowest BCUT2D eigenvalue weighted by atomic mass is 9.99. The van der Waals surface area contributed by atoms with Gasteiger partial charge in [-0.25, -0.2) is 4.98 Å². The van der Waals surface area contributed by atoms with Crippen molar-refractivity contribution in [3.8, 4) is 5.88 Å². The Kier molecular flexibility index (Phi) is 4.63. The lowest BCUT2D eigenvalue weighted by Crippen LogP contribution is -2.33. The van der Waals surface area contributed by atoms with Crippen molar-refractivity contribution < 1.29 is 4.74 Å². The molecule has 0 radical (unpaired) electrons. The molecule has 0 N–H and O–H groups in total. The molecule has 0 atom stereocenters. The van der Waals surface area contributed by atoms with Crippen molar-refractivity contribution in [2.75, 3.05) is 26.1 Å². The zero-order valence-electron chi connectivity index (χ0n) is 10.2. The summed E-state index contributed by atoms with van der Waals surface area (Å²) in [6.45, 7) is 3.16. The van der Waals surface area contributed by atoms with Gasteiger partial charge in [-0.2, -0.15) is 0 Å². The first-order chi connectivity index (χ1) is 8.33. The van der Waals surface area contributed by atoms with Gasteiger partial charge in [0.2, 0.25) is 5.88 Å². The summed E-state index contributed by atoms with van der Waals surface area (Å²) in [5.41, 5.74) is 1.17. The van der Waals surface area contributed by atoms with Gasteiger partial charge in [-0.15, -0.1) is 11.6 Å². The Hall–Kier alpha value is -0.800. The number of piperidine rings is 1. The van der Waals surface area contributed by atoms with Crippen LogP contribution in [0.2, 0.25) is 0 Å². The van der Waals surface area contributed by atoms with Crippen molar-refractivity contribution in [2.45, 2.75) is 19.4 Å². The zero-order valence-corrected chi connectivity index (χ0v) is 11.0. The molecule has 1 aliphatic heterocycles. The van der Waals surface area contributed by atoms with Gasteiger partial charge in [0.05, 0.1) is 7.11 Å². The van der Waals surface area contributed by atoms with Crippen LogP contribution in [0, 0.1) is 5.92 Å². The van der Waals surface area contributed by atoms with Crippen molar-refractivity contribution in [3.63, 3.8) is 0 Å². The molecule has 94 valence electrons. The average Bonchev–Trinajstić information content (AvgIpc) is 2.40. The molecule has 0 spiro atoms. The van der Waals surface area contributed by atoms with Crippen LogP contribution >= 0.6 is 11.6 Å². The molecule has 1 fully saturated rings. The number of likely N-dealkylation sites (tertiary alicyclic amines) is 1. The highest BCUT2D eigenvalue weighted by molar-refractivity contribution is 6.18. The highest BCUT2D eigenvalue weighted by Gasteiger charge is 2.19. The number of halogens is 1. The minimum Gasteiger partial charge on any atom is -0.481 e. The molecule has 0 saturated carbocycles. The quantitative estimate of drug-likeness (QED) is 0.773. The van der Waals surface area contributed by atoms with Crippen LogP contribution in [0.15, 0.2) is 18.3 Å². The van der Waals surface area contributed by atoms with Gasteiger partial charge in [-0.1, -0.05) is 6.07 Å². The molecule has 1 aromatic heterocycles. The summed E-state index contributed by atoms with van der Waals surface area (Å²) in [6.07, 6.45) is 4.17. The van der Waals surface area contributed by atoms with E-state index in [1.54, 1.807) is 13.3 Å². The lowest BCUT2D eigenvalue weighted by molar-refractivity contribution is 0.184. The van der Waals surface area contributed by atoms with E-state index < -0.39 is 0 Å². The first-order valence-electron chi connectivity index (χ1n) is 6.09. The molecule has 3 nitrogen and oxygen atoms in total. The topological polar surface area (TPSA) is 25.4 Å². The van der Waals surface area contributed by atoms with E-state index in [4.69, 9.17) is 16.3 Å². The Morgan fingerprint density at radius 3 is 2.88 bits per heavy atom. The van der Waals surface area contributed by atoms with Gasteiger partial charge in [0.25, 0.3) is 0 Å². The number of alkyl halides is 1. The Labute approximate surface area is 108 Å². The minimum atomic E-state index is 0.698. The van der Waals surface area contributed by atoms with Crippen LogP contribution in [-0.4, -0.2) is 36.0 Å². The van der Waals surface area contributed by atoms with Gasteiger partial charge in [-0.3, -0.25) is 4.90 Å². The van der Waals surface area contributed by atoms with Crippen LogP contribution in [0.25, 0.3) is 0 Å². The Morgan fingerprint density at radius 2 is 2.24 bits per heavy atom. The van der Waals surface area contributed by atoms with Gasteiger partial charge in [0, 0.05) is 24.2 Å². The smallest absolute Gasteiger partial charge is 0.217 e. The SMILES string of the molecule is COc1ncccc1CN1CCC(CCl)CC1. The number of rotatable bonds is 4. The largest absolute Gasteiger partial charge is 0.481 e. The summed E-state index contributed by atoms with van der Waals surface area (Å²) in [7, 11) is 1.67. The summed E-state index contributed by atoms with van der Waals surface area (Å²) < 4.78 is 5.27. The van der Waals surface area contributed by atoms with E-state index in [-0.39, 0.29) is 0 Å². The van der Waals surface area contributed by atoms with E-state index >= 15 is 0 Å². The van der Waals surface area contributed by atoms with E-state index in [9.17, 15) is 0 Å². The fourth-order valence-corrected chi connectivity index (χ4v) is 2.58. The fraction of sp³-hybridized carbons (Fsp3) is 0.615. The zero-order chi connectivity index (χ0) is 12.1. The summed E-state index contributed by atoms with van der Waals surface area (Å²) >= 11 is 5.89. The maximum atomic E-state index is 5.89. The van der Waals surface area contributed by atoms with Crippen LogP contribution in [0.3, 0.4) is 0 Å². The molecule has 1 aromatic rings. The highest BCUT2D eigenvalue weighted by atomic mass is 35.5. The van der Waals surface area contributed by atoms with Crippen LogP contribution < -0.4 is 4.74 Å². The Balaban J connectivity index is 1.93. The predicted molar refractivity (Wildman–Crippen MR) is 69.5 cm³/mol. The molecular weight excluding hydrogens is 236 g/mol. The maximum absolute atomic E-state index is 5.89. The van der Waals surface area contributed by atoms with Crippen molar-refractivity contribution >= 4 is 11.6 Å². The number of hydrogen-bond donors (Lipinski definition) is 0. The second-order valence-electron chi connectivity index (χ2n) is 4.55. The molecule has 4 heteroatoms. The van der Waals surface area contributed by atoms with Gasteiger partial charge in [-0.05, 0) is 37.9 Å². The molecule has 2 rings (SSSR count). The molecular formula is C13H19ClN2O. The minimum absolute atomic E-state index is 0.698. The summed E-state index contributed by atoms with van der Waals surface area (Å²) in [5, 5.41) is 0. The molecule has 0 aliphatic carbocycles. The third-order valence-electron chi connectivity index (χ3n) is 3.36. The average molecular weight is 255 g/mol. The Morgan fingerprint density at radius 1 is 1.47 bits per heavy atom. The molecule has 1 aliphatic rings. The number of nitrogens with zero attached hydrogens (tertiary/aromatic N) is 2. The van der Waals surface area contributed by atoms with Crippen molar-refractivity contribution in [1.29, 1.82) is 0 Å². The molecule has 0 bridgehead atoms. The fourth-order valence-electron chi connectivity index (χ4n) is 2.27. The lowest BCUT2D eigenvalue weighted by Gasteiger charge is -2.31. The molecule has 0 amide bonds. The molecule has 0 aromatic carbocycles.